The summed E-state index contributed by atoms with van der Waals surface area (Å²) in [5.74, 6) is -0.873. The fraction of sp³-hybridized carbons (Fsp3) is 0.333. The van der Waals surface area contributed by atoms with Crippen LogP contribution in [-0.2, 0) is 18.9 Å². The lowest BCUT2D eigenvalue weighted by Crippen LogP contribution is -2.15. The van der Waals surface area contributed by atoms with Crippen molar-refractivity contribution in [2.24, 2.45) is 0 Å². The van der Waals surface area contributed by atoms with Gasteiger partial charge in [-0.25, -0.2) is 9.59 Å². The molecule has 154 valence electrons. The molecule has 0 aliphatic carbocycles. The van der Waals surface area contributed by atoms with Crippen molar-refractivity contribution in [2.75, 3.05) is 39.6 Å². The van der Waals surface area contributed by atoms with Crippen molar-refractivity contribution >= 4 is 36.8 Å². The number of ether oxygens (including phenoxy) is 4. The van der Waals surface area contributed by atoms with E-state index in [9.17, 15) is 9.59 Å². The molecule has 0 unspecified atom stereocenters. The maximum atomic E-state index is 11.6. The van der Waals surface area contributed by atoms with E-state index in [0.29, 0.717) is 24.3 Å². The Labute approximate surface area is 175 Å². The van der Waals surface area contributed by atoms with Crippen LogP contribution in [0.2, 0.25) is 0 Å². The molecule has 2 rings (SSSR count). The van der Waals surface area contributed by atoms with Gasteiger partial charge in [0.15, 0.2) is 0 Å². The summed E-state index contributed by atoms with van der Waals surface area (Å²) < 4.78 is 20.6. The number of halogens is 2. The van der Waals surface area contributed by atoms with Gasteiger partial charge in [0.25, 0.3) is 0 Å². The fourth-order valence-corrected chi connectivity index (χ4v) is 1.84. The highest BCUT2D eigenvalue weighted by molar-refractivity contribution is 5.89. The Morgan fingerprint density at radius 1 is 0.679 bits per heavy atom. The number of carbonyl (C=O) groups is 2. The Kier molecular flexibility index (Phi) is 14.5. The number of carbonyl (C=O) groups excluding carboxylic acids is 2. The summed E-state index contributed by atoms with van der Waals surface area (Å²) in [5.41, 5.74) is 0.799. The molecule has 2 aromatic rings. The third-order valence-electron chi connectivity index (χ3n) is 3.09. The smallest absolute Gasteiger partial charge is 0.339 e. The standard InChI is InChI=1S/C18H20N2O6.2ClH/c21-17(15-3-1-5-19-13-15)25-11-9-23-7-8-24-10-12-26-18(22)16-4-2-6-20-14-16;;/h1-6,13-14H,7-12H2;2*1H. The predicted octanol–water partition coefficient (Wildman–Crippen LogP) is 2.37. The van der Waals surface area contributed by atoms with E-state index in [-0.39, 0.29) is 51.2 Å². The topological polar surface area (TPSA) is 96.8 Å². The van der Waals surface area contributed by atoms with Crippen LogP contribution in [0.15, 0.2) is 49.1 Å². The summed E-state index contributed by atoms with van der Waals surface area (Å²) in [5, 5.41) is 0. The van der Waals surface area contributed by atoms with Gasteiger partial charge in [-0.2, -0.15) is 0 Å². The minimum Gasteiger partial charge on any atom is -0.460 e. The Bertz CT molecular complexity index is 617. The van der Waals surface area contributed by atoms with Crippen molar-refractivity contribution in [2.45, 2.75) is 0 Å². The first-order chi connectivity index (χ1) is 12.8. The molecule has 0 saturated carbocycles. The number of esters is 2. The molecule has 0 aliphatic heterocycles. The molecule has 2 heterocycles. The minimum absolute atomic E-state index is 0. The lowest BCUT2D eigenvalue weighted by molar-refractivity contribution is 0.00227. The summed E-state index contributed by atoms with van der Waals surface area (Å²) in [6.07, 6.45) is 6.05. The molecule has 2 aromatic heterocycles. The van der Waals surface area contributed by atoms with Crippen LogP contribution in [0.4, 0.5) is 0 Å². The second-order valence-corrected chi connectivity index (χ2v) is 4.98. The van der Waals surface area contributed by atoms with Crippen molar-refractivity contribution in [3.63, 3.8) is 0 Å². The maximum absolute atomic E-state index is 11.6. The van der Waals surface area contributed by atoms with Crippen LogP contribution in [-0.4, -0.2) is 61.5 Å². The Morgan fingerprint density at radius 3 is 1.43 bits per heavy atom. The second-order valence-electron chi connectivity index (χ2n) is 4.98. The molecule has 0 amide bonds. The van der Waals surface area contributed by atoms with E-state index in [0.717, 1.165) is 0 Å². The molecule has 0 spiro atoms. The summed E-state index contributed by atoms with van der Waals surface area (Å²) in [4.78, 5) is 30.9. The fourth-order valence-electron chi connectivity index (χ4n) is 1.84. The van der Waals surface area contributed by atoms with E-state index in [1.165, 1.54) is 12.4 Å². The first-order valence-electron chi connectivity index (χ1n) is 8.07. The zero-order chi connectivity index (χ0) is 18.5. The van der Waals surface area contributed by atoms with Crippen LogP contribution in [0.3, 0.4) is 0 Å². The predicted molar refractivity (Wildman–Crippen MR) is 105 cm³/mol. The molecule has 0 atom stereocenters. The summed E-state index contributed by atoms with van der Waals surface area (Å²) in [6, 6.07) is 6.59. The number of nitrogens with zero attached hydrogens (tertiary/aromatic N) is 2. The van der Waals surface area contributed by atoms with Gasteiger partial charge in [0.05, 0.1) is 37.6 Å². The van der Waals surface area contributed by atoms with Crippen molar-refractivity contribution in [1.82, 2.24) is 9.97 Å². The van der Waals surface area contributed by atoms with Crippen molar-refractivity contribution < 1.29 is 28.5 Å². The monoisotopic (exact) mass is 432 g/mol. The number of rotatable bonds is 11. The number of aromatic nitrogens is 2. The van der Waals surface area contributed by atoms with E-state index in [1.54, 1.807) is 36.7 Å². The molecule has 0 aliphatic rings. The molecule has 0 bridgehead atoms. The quantitative estimate of drug-likeness (QED) is 0.394. The van der Waals surface area contributed by atoms with Gasteiger partial charge in [-0.3, -0.25) is 9.97 Å². The number of hydrogen-bond acceptors (Lipinski definition) is 8. The van der Waals surface area contributed by atoms with Gasteiger partial charge in [0.1, 0.15) is 13.2 Å². The van der Waals surface area contributed by atoms with Gasteiger partial charge < -0.3 is 18.9 Å². The maximum Gasteiger partial charge on any atom is 0.339 e. The van der Waals surface area contributed by atoms with Crippen molar-refractivity contribution in [3.05, 3.63) is 60.2 Å². The molecule has 0 aromatic carbocycles. The first-order valence-corrected chi connectivity index (χ1v) is 8.07. The third-order valence-corrected chi connectivity index (χ3v) is 3.09. The third kappa shape index (κ3) is 10.2. The molecule has 10 heteroatoms. The van der Waals surface area contributed by atoms with E-state index >= 15 is 0 Å². The van der Waals surface area contributed by atoms with Gasteiger partial charge in [-0.05, 0) is 24.3 Å². The van der Waals surface area contributed by atoms with E-state index in [2.05, 4.69) is 9.97 Å². The van der Waals surface area contributed by atoms with Gasteiger partial charge in [-0.1, -0.05) is 0 Å². The van der Waals surface area contributed by atoms with E-state index < -0.39 is 11.9 Å². The Morgan fingerprint density at radius 2 is 1.07 bits per heavy atom. The Balaban J connectivity index is 0.00000364. The van der Waals surface area contributed by atoms with Crippen molar-refractivity contribution in [3.8, 4) is 0 Å². The van der Waals surface area contributed by atoms with Crippen LogP contribution in [0.1, 0.15) is 20.7 Å². The SMILES string of the molecule is Cl.Cl.O=C(OCCOCCOCCOC(=O)c1cccnc1)c1cccnc1. The van der Waals surface area contributed by atoms with Crippen LogP contribution in [0, 0.1) is 0 Å². The molecular weight excluding hydrogens is 411 g/mol. The minimum atomic E-state index is -0.437. The number of pyridine rings is 2. The normalized spacial score (nSPS) is 9.57. The van der Waals surface area contributed by atoms with Gasteiger partial charge in [0.2, 0.25) is 0 Å². The molecule has 0 saturated heterocycles. The highest BCUT2D eigenvalue weighted by atomic mass is 35.5. The van der Waals surface area contributed by atoms with Crippen LogP contribution in [0.5, 0.6) is 0 Å². The summed E-state index contributed by atoms with van der Waals surface area (Å²) in [6.45, 7) is 1.53. The molecule has 28 heavy (non-hydrogen) atoms. The van der Waals surface area contributed by atoms with E-state index in [1.807, 2.05) is 0 Å². The highest BCUT2D eigenvalue weighted by Gasteiger charge is 2.06. The lowest BCUT2D eigenvalue weighted by atomic mass is 10.3. The molecule has 8 nitrogen and oxygen atoms in total. The van der Waals surface area contributed by atoms with Gasteiger partial charge in [-0.15, -0.1) is 24.8 Å². The molecular formula is C18H22Cl2N2O6. The zero-order valence-corrected chi connectivity index (χ0v) is 16.7. The number of hydrogen-bond donors (Lipinski definition) is 0. The molecule has 0 radical (unpaired) electrons. The zero-order valence-electron chi connectivity index (χ0n) is 15.0. The summed E-state index contributed by atoms with van der Waals surface area (Å²) in [7, 11) is 0. The Hall–Kier alpha value is -2.26. The van der Waals surface area contributed by atoms with E-state index in [4.69, 9.17) is 18.9 Å². The second kappa shape index (κ2) is 15.8. The first kappa shape index (κ1) is 25.7. The van der Waals surface area contributed by atoms with Crippen molar-refractivity contribution in [1.29, 1.82) is 0 Å². The average molecular weight is 433 g/mol. The summed E-state index contributed by atoms with van der Waals surface area (Å²) >= 11 is 0. The van der Waals surface area contributed by atoms with Gasteiger partial charge >= 0.3 is 11.9 Å². The largest absolute Gasteiger partial charge is 0.460 e. The molecule has 0 fully saturated rings. The highest BCUT2D eigenvalue weighted by Crippen LogP contribution is 1.99. The van der Waals surface area contributed by atoms with Crippen LogP contribution in [0.25, 0.3) is 0 Å². The van der Waals surface area contributed by atoms with Crippen LogP contribution >= 0.6 is 24.8 Å². The lowest BCUT2D eigenvalue weighted by Gasteiger charge is -2.07. The van der Waals surface area contributed by atoms with Crippen LogP contribution < -0.4 is 0 Å². The van der Waals surface area contributed by atoms with Gasteiger partial charge in [0, 0.05) is 24.8 Å². The average Bonchev–Trinajstić information content (AvgIpc) is 2.70. The molecule has 0 N–H and O–H groups in total.